The summed E-state index contributed by atoms with van der Waals surface area (Å²) >= 11 is 0. The number of hydrogen-bond donors (Lipinski definition) is 4. The van der Waals surface area contributed by atoms with Gasteiger partial charge in [0, 0.05) is 23.9 Å². The van der Waals surface area contributed by atoms with Gasteiger partial charge in [-0.2, -0.15) is 0 Å². The van der Waals surface area contributed by atoms with Crippen LogP contribution in [0.3, 0.4) is 0 Å². The number of ether oxygens (including phenoxy) is 3. The molecule has 0 aliphatic rings. The fourth-order valence-electron chi connectivity index (χ4n) is 6.39. The van der Waals surface area contributed by atoms with Gasteiger partial charge in [0.2, 0.25) is 7.44 Å². The van der Waals surface area contributed by atoms with Gasteiger partial charge in [0.15, 0.2) is 5.82 Å². The van der Waals surface area contributed by atoms with E-state index in [2.05, 4.69) is 30.3 Å². The highest BCUT2D eigenvalue weighted by molar-refractivity contribution is 7.59. The summed E-state index contributed by atoms with van der Waals surface area (Å²) < 4.78 is 39.1. The van der Waals surface area contributed by atoms with Gasteiger partial charge < -0.3 is 24.5 Å². The van der Waals surface area contributed by atoms with Crippen LogP contribution in [0.25, 0.3) is 33.5 Å². The fraction of sp³-hybridized carbons (Fsp3) is 0.317. The second-order valence-electron chi connectivity index (χ2n) is 14.2. The van der Waals surface area contributed by atoms with Gasteiger partial charge in [-0.15, -0.1) is 0 Å². The second-order valence-corrected chi connectivity index (χ2v) is 16.5. The minimum Gasteiger partial charge on any atom is -0.462 e. The first-order valence-electron chi connectivity index (χ1n) is 18.8. The lowest BCUT2D eigenvalue weighted by molar-refractivity contribution is -0.150. The monoisotopic (exact) mass is 810 g/mol. The molecule has 3 aromatic carbocycles. The third-order valence-electron chi connectivity index (χ3n) is 8.89. The Hall–Kier alpha value is -5.93. The summed E-state index contributed by atoms with van der Waals surface area (Å²) in [5.41, 5.74) is 10.6. The van der Waals surface area contributed by atoms with Crippen LogP contribution in [0.15, 0.2) is 107 Å². The van der Waals surface area contributed by atoms with Crippen molar-refractivity contribution in [3.05, 3.63) is 119 Å². The Morgan fingerprint density at radius 2 is 1.43 bits per heavy atom. The molecule has 58 heavy (non-hydrogen) atoms. The normalized spacial score (nSPS) is 12.9. The number of anilines is 1. The number of nitrogens with two attached hydrogens (primary N) is 1. The van der Waals surface area contributed by atoms with E-state index in [1.54, 1.807) is 33.8 Å². The molecular weight excluding hydrogens is 763 g/mol. The molecule has 17 heteroatoms. The van der Waals surface area contributed by atoms with Gasteiger partial charge in [0.1, 0.15) is 36.2 Å². The van der Waals surface area contributed by atoms with Crippen molar-refractivity contribution in [2.24, 2.45) is 0 Å². The Morgan fingerprint density at radius 3 is 1.98 bits per heavy atom. The lowest BCUT2D eigenvalue weighted by atomic mass is 10.0. The molecule has 0 saturated heterocycles. The number of benzene rings is 3. The number of hydrogen-bond acceptors (Lipinski definition) is 12. The third-order valence-corrected chi connectivity index (χ3v) is 10.9. The SMILES string of the molecule is CC(C)OC(=O)[C@H](Cc1ccccc1)NP(=O)(COCCn1cc(-c2cccc(-c3noc(=O)[nH]3)c2)c2c(N)ncnc21)N[C@@H](Cc1ccccc1)C(=O)OC(C)C. The molecule has 0 spiro atoms. The summed E-state index contributed by atoms with van der Waals surface area (Å²) in [5.74, 6) is -1.35. The van der Waals surface area contributed by atoms with Gasteiger partial charge in [-0.3, -0.25) is 23.7 Å². The number of esters is 2. The molecule has 0 aliphatic carbocycles. The van der Waals surface area contributed by atoms with E-state index in [4.69, 9.17) is 24.5 Å². The van der Waals surface area contributed by atoms with Crippen molar-refractivity contribution in [2.45, 2.75) is 71.4 Å². The molecule has 0 saturated carbocycles. The maximum Gasteiger partial charge on any atom is 0.439 e. The van der Waals surface area contributed by atoms with Gasteiger partial charge in [-0.05, 0) is 63.3 Å². The third kappa shape index (κ3) is 10.9. The number of aromatic nitrogens is 5. The molecule has 0 unspecified atom stereocenters. The molecule has 0 fully saturated rings. The first-order valence-corrected chi connectivity index (χ1v) is 20.7. The van der Waals surface area contributed by atoms with Crippen LogP contribution in [0.4, 0.5) is 5.82 Å². The van der Waals surface area contributed by atoms with Crippen LogP contribution in [-0.4, -0.2) is 73.9 Å². The van der Waals surface area contributed by atoms with Crippen LogP contribution in [0.5, 0.6) is 0 Å². The van der Waals surface area contributed by atoms with E-state index in [0.29, 0.717) is 16.6 Å². The van der Waals surface area contributed by atoms with Crippen molar-refractivity contribution in [3.8, 4) is 22.5 Å². The van der Waals surface area contributed by atoms with E-state index in [0.717, 1.165) is 22.3 Å². The molecule has 16 nitrogen and oxygen atoms in total. The van der Waals surface area contributed by atoms with E-state index in [1.807, 2.05) is 89.6 Å². The molecule has 2 atom stereocenters. The molecular formula is C41H47N8O8P. The zero-order chi connectivity index (χ0) is 41.2. The number of H-pyrrole nitrogens is 1. The average Bonchev–Trinajstić information content (AvgIpc) is 3.81. The van der Waals surface area contributed by atoms with Gasteiger partial charge in [0.05, 0.1) is 24.2 Å². The van der Waals surface area contributed by atoms with Crippen molar-refractivity contribution in [2.75, 3.05) is 18.7 Å². The Balaban J connectivity index is 1.28. The standard InChI is InChI=1S/C41H47N8O8P/c1-26(2)55-39(50)33(20-28-12-7-5-8-13-28)47-58(53,48-34(40(51)56-27(3)4)21-29-14-9-6-10-15-29)25-54-19-18-49-23-32(35-36(42)43-24-44-38(35)49)30-16-11-17-31(22-30)37-45-41(52)57-46-37/h5-17,22-24,26-27,33-34H,18-21,25H2,1-4H3,(H2,42,43,44)(H,45,46,52)(H2,47,48,53)/t33-,34-/m0/s1. The van der Waals surface area contributed by atoms with Crippen molar-refractivity contribution >= 4 is 36.2 Å². The highest BCUT2D eigenvalue weighted by Gasteiger charge is 2.36. The Labute approximate surface area is 335 Å². The van der Waals surface area contributed by atoms with Crippen molar-refractivity contribution in [3.63, 3.8) is 0 Å². The zero-order valence-electron chi connectivity index (χ0n) is 32.7. The summed E-state index contributed by atoms with van der Waals surface area (Å²) in [7, 11) is -3.97. The number of fused-ring (bicyclic) bond motifs is 1. The molecule has 3 aromatic heterocycles. The topological polar surface area (TPSA) is 219 Å². The van der Waals surface area contributed by atoms with Crippen LogP contribution >= 0.6 is 7.44 Å². The number of aromatic amines is 1. The number of rotatable bonds is 19. The second kappa shape index (κ2) is 19.0. The van der Waals surface area contributed by atoms with E-state index < -0.39 is 55.8 Å². The highest BCUT2D eigenvalue weighted by Crippen LogP contribution is 2.39. The number of nitrogens with zero attached hydrogens (tertiary/aromatic N) is 4. The molecule has 6 aromatic rings. The minimum absolute atomic E-state index is 0.0419. The molecule has 0 aliphatic heterocycles. The van der Waals surface area contributed by atoms with Crippen LogP contribution in [0.1, 0.15) is 38.8 Å². The number of nitrogens with one attached hydrogen (secondary N) is 3. The summed E-state index contributed by atoms with van der Waals surface area (Å²) in [5, 5.41) is 10.5. The average molecular weight is 811 g/mol. The zero-order valence-corrected chi connectivity index (χ0v) is 33.6. The van der Waals surface area contributed by atoms with Crippen LogP contribution in [-0.2, 0) is 47.8 Å². The summed E-state index contributed by atoms with van der Waals surface area (Å²) in [6.07, 6.45) is 2.26. The predicted octanol–water partition coefficient (Wildman–Crippen LogP) is 5.50. The molecule has 304 valence electrons. The smallest absolute Gasteiger partial charge is 0.439 e. The van der Waals surface area contributed by atoms with E-state index >= 15 is 4.57 Å². The number of nitrogen functional groups attached to an aromatic ring is 1. The molecule has 0 bridgehead atoms. The minimum atomic E-state index is -3.97. The number of carbonyl (C=O) groups is 2. The summed E-state index contributed by atoms with van der Waals surface area (Å²) in [6.45, 7) is 7.23. The van der Waals surface area contributed by atoms with Gasteiger partial charge in [-0.1, -0.05) is 84.0 Å². The van der Waals surface area contributed by atoms with E-state index in [9.17, 15) is 14.4 Å². The van der Waals surface area contributed by atoms with Crippen molar-refractivity contribution in [1.82, 2.24) is 34.9 Å². The van der Waals surface area contributed by atoms with Crippen molar-refractivity contribution in [1.29, 1.82) is 0 Å². The summed E-state index contributed by atoms with van der Waals surface area (Å²) in [6, 6.07) is 23.8. The van der Waals surface area contributed by atoms with Crippen molar-refractivity contribution < 1.29 is 32.9 Å². The molecule has 0 amide bonds. The van der Waals surface area contributed by atoms with Gasteiger partial charge >= 0.3 is 17.7 Å². The Morgan fingerprint density at radius 1 is 0.845 bits per heavy atom. The van der Waals surface area contributed by atoms with Crippen LogP contribution in [0.2, 0.25) is 0 Å². The first kappa shape index (κ1) is 41.7. The Bertz CT molecular complexity index is 2340. The van der Waals surface area contributed by atoms with Crippen LogP contribution < -0.4 is 21.7 Å². The highest BCUT2D eigenvalue weighted by atomic mass is 31.2. The van der Waals surface area contributed by atoms with Crippen LogP contribution in [0, 0.1) is 0 Å². The molecule has 0 radical (unpaired) electrons. The van der Waals surface area contributed by atoms with Gasteiger partial charge in [0.25, 0.3) is 0 Å². The fourth-order valence-corrected chi connectivity index (χ4v) is 8.40. The lowest BCUT2D eigenvalue weighted by Crippen LogP contribution is -2.47. The largest absolute Gasteiger partial charge is 0.462 e. The molecule has 3 heterocycles. The Kier molecular flexibility index (Phi) is 13.7. The maximum absolute atomic E-state index is 15.2. The van der Waals surface area contributed by atoms with E-state index in [1.165, 1.54) is 6.33 Å². The predicted molar refractivity (Wildman–Crippen MR) is 219 cm³/mol. The van der Waals surface area contributed by atoms with E-state index in [-0.39, 0.29) is 37.6 Å². The maximum atomic E-state index is 15.2. The lowest BCUT2D eigenvalue weighted by Gasteiger charge is -2.29. The molecule has 6 rings (SSSR count). The summed E-state index contributed by atoms with van der Waals surface area (Å²) in [4.78, 5) is 50.0. The molecule has 5 N–H and O–H groups in total. The first-order chi connectivity index (χ1) is 27.9. The van der Waals surface area contributed by atoms with Gasteiger partial charge in [-0.25, -0.2) is 24.9 Å². The quantitative estimate of drug-likeness (QED) is 0.0452. The number of carbonyl (C=O) groups excluding carboxylic acids is 2.